The highest BCUT2D eigenvalue weighted by Crippen LogP contribution is 2.46. The van der Waals surface area contributed by atoms with Gasteiger partial charge in [0.25, 0.3) is 0 Å². The topological polar surface area (TPSA) is 54.6 Å². The summed E-state index contributed by atoms with van der Waals surface area (Å²) in [6.45, 7) is 5.87. The number of aryl methyl sites for hydroxylation is 2. The van der Waals surface area contributed by atoms with Crippen molar-refractivity contribution in [2.75, 3.05) is 7.05 Å². The molecular formula is C16H22N2O3. The van der Waals surface area contributed by atoms with Gasteiger partial charge in [0.05, 0.1) is 17.7 Å². The molecule has 5 rings (SSSR count). The number of carbonyl (C=O) groups excluding carboxylic acids is 1. The number of hydrogen-bond acceptors (Lipinski definition) is 4. The van der Waals surface area contributed by atoms with Crippen LogP contribution in [0.1, 0.15) is 40.2 Å². The molecule has 0 saturated carbocycles. The van der Waals surface area contributed by atoms with E-state index in [0.29, 0.717) is 23.8 Å². The molecule has 0 spiro atoms. The zero-order valence-corrected chi connectivity index (χ0v) is 13.0. The summed E-state index contributed by atoms with van der Waals surface area (Å²) in [5, 5.41) is 0. The van der Waals surface area contributed by atoms with Crippen LogP contribution in [0.5, 0.6) is 0 Å². The van der Waals surface area contributed by atoms with Gasteiger partial charge in [-0.25, -0.2) is 4.79 Å². The highest BCUT2D eigenvalue weighted by atomic mass is 16.6. The van der Waals surface area contributed by atoms with Crippen molar-refractivity contribution in [3.63, 3.8) is 0 Å². The maximum atomic E-state index is 12.6. The Kier molecular flexibility index (Phi) is 2.75. The SMILES string of the molecule is Cc1[nH]c(C)c(C(=O)O[C@@H]2[C@H]3O[C@H]4C[C@@H]2N(C)[C@H]3C4)c1C. The fourth-order valence-electron chi connectivity index (χ4n) is 4.43. The summed E-state index contributed by atoms with van der Waals surface area (Å²) in [7, 11) is 2.12. The average molecular weight is 290 g/mol. The van der Waals surface area contributed by atoms with E-state index in [1.165, 1.54) is 0 Å². The summed E-state index contributed by atoms with van der Waals surface area (Å²) < 4.78 is 11.9. The molecular weight excluding hydrogens is 268 g/mol. The van der Waals surface area contributed by atoms with Gasteiger partial charge in [-0.3, -0.25) is 4.90 Å². The molecule has 114 valence electrons. The molecule has 1 aromatic rings. The van der Waals surface area contributed by atoms with E-state index >= 15 is 0 Å². The van der Waals surface area contributed by atoms with E-state index in [1.54, 1.807) is 0 Å². The van der Waals surface area contributed by atoms with Gasteiger partial charge in [0.2, 0.25) is 0 Å². The van der Waals surface area contributed by atoms with Crippen LogP contribution in [0.15, 0.2) is 0 Å². The van der Waals surface area contributed by atoms with Crippen molar-refractivity contribution < 1.29 is 14.3 Å². The lowest BCUT2D eigenvalue weighted by atomic mass is 10.0. The summed E-state index contributed by atoms with van der Waals surface area (Å²) in [4.78, 5) is 18.2. The molecule has 4 fully saturated rings. The monoisotopic (exact) mass is 290 g/mol. The van der Waals surface area contributed by atoms with Gasteiger partial charge in [0.15, 0.2) is 0 Å². The van der Waals surface area contributed by atoms with E-state index in [4.69, 9.17) is 9.47 Å². The van der Waals surface area contributed by atoms with E-state index in [9.17, 15) is 4.79 Å². The number of piperidine rings is 1. The Morgan fingerprint density at radius 2 is 1.95 bits per heavy atom. The van der Waals surface area contributed by atoms with Crippen molar-refractivity contribution in [1.82, 2.24) is 9.88 Å². The number of rotatable bonds is 2. The number of nitrogens with one attached hydrogen (secondary N) is 1. The van der Waals surface area contributed by atoms with E-state index in [1.807, 2.05) is 20.8 Å². The Morgan fingerprint density at radius 1 is 1.24 bits per heavy atom. The van der Waals surface area contributed by atoms with Crippen molar-refractivity contribution >= 4 is 5.97 Å². The van der Waals surface area contributed by atoms with Crippen LogP contribution < -0.4 is 0 Å². The smallest absolute Gasteiger partial charge is 0.340 e. The first-order chi connectivity index (χ1) is 9.97. The molecule has 4 aliphatic heterocycles. The maximum Gasteiger partial charge on any atom is 0.340 e. The maximum absolute atomic E-state index is 12.6. The number of likely N-dealkylation sites (N-methyl/N-ethyl adjacent to an activating group) is 1. The van der Waals surface area contributed by atoms with Crippen LogP contribution in [0.25, 0.3) is 0 Å². The summed E-state index contributed by atoms with van der Waals surface area (Å²) >= 11 is 0. The van der Waals surface area contributed by atoms with Crippen molar-refractivity contribution in [2.24, 2.45) is 0 Å². The number of hydrogen-bond donors (Lipinski definition) is 1. The Morgan fingerprint density at radius 3 is 2.57 bits per heavy atom. The number of esters is 1. The second kappa shape index (κ2) is 4.34. The van der Waals surface area contributed by atoms with Gasteiger partial charge in [-0.2, -0.15) is 0 Å². The second-order valence-corrected chi connectivity index (χ2v) is 6.74. The fraction of sp³-hybridized carbons (Fsp3) is 0.688. The number of aromatic amines is 1. The molecule has 1 aromatic heterocycles. The van der Waals surface area contributed by atoms with Crippen LogP contribution in [0.2, 0.25) is 0 Å². The van der Waals surface area contributed by atoms with Crippen molar-refractivity contribution in [1.29, 1.82) is 0 Å². The third-order valence-electron chi connectivity index (χ3n) is 5.62. The molecule has 0 aliphatic carbocycles. The molecule has 5 atom stereocenters. The second-order valence-electron chi connectivity index (χ2n) is 6.74. The minimum Gasteiger partial charge on any atom is -0.454 e. The van der Waals surface area contributed by atoms with E-state index in [-0.39, 0.29) is 18.2 Å². The van der Waals surface area contributed by atoms with Crippen molar-refractivity contribution in [3.8, 4) is 0 Å². The molecule has 0 radical (unpaired) electrons. The third-order valence-corrected chi connectivity index (χ3v) is 5.62. The molecule has 4 saturated heterocycles. The number of nitrogens with zero attached hydrogens (tertiary/aromatic N) is 1. The largest absolute Gasteiger partial charge is 0.454 e. The first-order valence-electron chi connectivity index (χ1n) is 7.71. The third kappa shape index (κ3) is 1.74. The highest BCUT2D eigenvalue weighted by Gasteiger charge is 2.60. The lowest BCUT2D eigenvalue weighted by Gasteiger charge is -2.35. The summed E-state index contributed by atoms with van der Waals surface area (Å²) in [5.41, 5.74) is 3.59. The van der Waals surface area contributed by atoms with E-state index in [0.717, 1.165) is 29.8 Å². The zero-order chi connectivity index (χ0) is 14.9. The molecule has 21 heavy (non-hydrogen) atoms. The molecule has 0 aromatic carbocycles. The zero-order valence-electron chi connectivity index (χ0n) is 13.0. The van der Waals surface area contributed by atoms with Crippen LogP contribution in [0.3, 0.4) is 0 Å². The van der Waals surface area contributed by atoms with Crippen LogP contribution in [0, 0.1) is 20.8 Å². The molecule has 5 heteroatoms. The Hall–Kier alpha value is -1.33. The lowest BCUT2D eigenvalue weighted by Crippen LogP contribution is -2.46. The average Bonchev–Trinajstić information content (AvgIpc) is 2.94. The van der Waals surface area contributed by atoms with Gasteiger partial charge in [0.1, 0.15) is 12.2 Å². The van der Waals surface area contributed by atoms with E-state index < -0.39 is 0 Å². The van der Waals surface area contributed by atoms with Crippen LogP contribution in [-0.4, -0.2) is 53.3 Å². The molecule has 0 unspecified atom stereocenters. The molecule has 5 nitrogen and oxygen atoms in total. The van der Waals surface area contributed by atoms with Crippen molar-refractivity contribution in [3.05, 3.63) is 22.5 Å². The fourth-order valence-corrected chi connectivity index (χ4v) is 4.43. The molecule has 4 aliphatic rings. The summed E-state index contributed by atoms with van der Waals surface area (Å²) in [6, 6.07) is 0.735. The minimum absolute atomic E-state index is 0.0587. The van der Waals surface area contributed by atoms with Crippen LogP contribution in [-0.2, 0) is 9.47 Å². The minimum atomic E-state index is -0.215. The van der Waals surface area contributed by atoms with Crippen LogP contribution in [0.4, 0.5) is 0 Å². The number of ether oxygens (including phenoxy) is 2. The standard InChI is InChI=1S/C16H22N2O3/c1-7-8(2)17-9(3)13(7)16(19)21-15-12-6-10-5-11(18(12)4)14(15)20-10/h10-12,14-15,17H,5-6H2,1-4H3/t10-,11+,12+,14+,15+/m1/s1. The van der Waals surface area contributed by atoms with Gasteiger partial charge in [-0.05, 0) is 46.2 Å². The van der Waals surface area contributed by atoms with Gasteiger partial charge in [-0.1, -0.05) is 0 Å². The quantitative estimate of drug-likeness (QED) is 0.843. The molecule has 1 N–H and O–H groups in total. The Balaban J connectivity index is 1.58. The Bertz CT molecular complexity index is 607. The normalized spacial score (nSPS) is 37.4. The van der Waals surface area contributed by atoms with Crippen molar-refractivity contribution in [2.45, 2.75) is 64.0 Å². The predicted molar refractivity (Wildman–Crippen MR) is 77.4 cm³/mol. The summed E-state index contributed by atoms with van der Waals surface area (Å²) in [5.74, 6) is -0.215. The number of aromatic nitrogens is 1. The molecule has 5 heterocycles. The number of H-pyrrole nitrogens is 1. The van der Waals surface area contributed by atoms with E-state index in [2.05, 4.69) is 16.9 Å². The highest BCUT2D eigenvalue weighted by molar-refractivity contribution is 5.93. The first-order valence-corrected chi connectivity index (χ1v) is 7.71. The number of carbonyl (C=O) groups is 1. The molecule has 0 amide bonds. The van der Waals surface area contributed by atoms with Gasteiger partial charge in [0, 0.05) is 17.4 Å². The van der Waals surface area contributed by atoms with Gasteiger partial charge < -0.3 is 14.5 Å². The Labute approximate surface area is 124 Å². The van der Waals surface area contributed by atoms with Gasteiger partial charge >= 0.3 is 5.97 Å². The first kappa shape index (κ1) is 13.3. The predicted octanol–water partition coefficient (Wildman–Crippen LogP) is 1.71. The van der Waals surface area contributed by atoms with Gasteiger partial charge in [-0.15, -0.1) is 0 Å². The molecule has 4 bridgehead atoms. The lowest BCUT2D eigenvalue weighted by molar-refractivity contribution is -0.0852. The summed E-state index contributed by atoms with van der Waals surface area (Å²) in [6.07, 6.45) is 2.36. The van der Waals surface area contributed by atoms with Crippen LogP contribution >= 0.6 is 0 Å².